The Labute approximate surface area is 111 Å². The summed E-state index contributed by atoms with van der Waals surface area (Å²) >= 11 is 0. The molecule has 1 atom stereocenters. The maximum atomic E-state index is 6.23. The average Bonchev–Trinajstić information content (AvgIpc) is 2.47. The second kappa shape index (κ2) is 4.74. The molecule has 0 aliphatic heterocycles. The fraction of sp³-hybridized carbons (Fsp3) is 0.133. The summed E-state index contributed by atoms with van der Waals surface area (Å²) in [4.78, 5) is 12.9. The van der Waals surface area contributed by atoms with E-state index in [4.69, 9.17) is 5.73 Å². The van der Waals surface area contributed by atoms with Gasteiger partial charge < -0.3 is 5.73 Å². The highest BCUT2D eigenvalue weighted by Gasteiger charge is 2.11. The van der Waals surface area contributed by atoms with Gasteiger partial charge in [0.2, 0.25) is 0 Å². The molecule has 2 N–H and O–H groups in total. The van der Waals surface area contributed by atoms with E-state index in [1.165, 1.54) is 0 Å². The van der Waals surface area contributed by atoms with E-state index in [1.54, 1.807) is 18.6 Å². The number of nitrogens with zero attached hydrogens (tertiary/aromatic N) is 3. The predicted octanol–water partition coefficient (Wildman–Crippen LogP) is 2.38. The minimum Gasteiger partial charge on any atom is -0.319 e. The first-order valence-corrected chi connectivity index (χ1v) is 6.13. The van der Waals surface area contributed by atoms with Crippen molar-refractivity contribution < 1.29 is 0 Å². The molecule has 0 aliphatic carbocycles. The Bertz CT molecular complexity index is 707. The molecule has 0 saturated carbocycles. The van der Waals surface area contributed by atoms with Crippen LogP contribution >= 0.6 is 0 Å². The second-order valence-electron chi connectivity index (χ2n) is 4.52. The van der Waals surface area contributed by atoms with Gasteiger partial charge in [0.25, 0.3) is 0 Å². The van der Waals surface area contributed by atoms with Crippen molar-refractivity contribution in [3.8, 4) is 0 Å². The van der Waals surface area contributed by atoms with Crippen LogP contribution in [0.25, 0.3) is 10.9 Å². The van der Waals surface area contributed by atoms with E-state index < -0.39 is 0 Å². The number of hydrogen-bond acceptors (Lipinski definition) is 4. The molecule has 0 bridgehead atoms. The fourth-order valence-electron chi connectivity index (χ4n) is 2.02. The SMILES string of the molecule is Cc1cnc(C(N)c2ccc3ncccc3c2)cn1. The third kappa shape index (κ3) is 2.30. The lowest BCUT2D eigenvalue weighted by Gasteiger charge is -2.12. The zero-order valence-corrected chi connectivity index (χ0v) is 10.6. The summed E-state index contributed by atoms with van der Waals surface area (Å²) in [6.07, 6.45) is 5.25. The first-order valence-electron chi connectivity index (χ1n) is 6.13. The van der Waals surface area contributed by atoms with Gasteiger partial charge >= 0.3 is 0 Å². The van der Waals surface area contributed by atoms with Gasteiger partial charge in [-0.05, 0) is 30.7 Å². The molecule has 0 saturated heterocycles. The van der Waals surface area contributed by atoms with Gasteiger partial charge in [0.05, 0.1) is 29.1 Å². The van der Waals surface area contributed by atoms with Crippen molar-refractivity contribution in [2.24, 2.45) is 5.73 Å². The standard InChI is InChI=1S/C15H14N4/c1-10-8-19-14(9-18-10)15(16)12-4-5-13-11(7-12)3-2-6-17-13/h2-9,15H,16H2,1H3. The van der Waals surface area contributed by atoms with Crippen molar-refractivity contribution in [3.63, 3.8) is 0 Å². The first-order chi connectivity index (χ1) is 9.24. The van der Waals surface area contributed by atoms with Crippen LogP contribution in [0, 0.1) is 6.92 Å². The number of pyridine rings is 1. The zero-order valence-electron chi connectivity index (χ0n) is 10.6. The van der Waals surface area contributed by atoms with Crippen molar-refractivity contribution >= 4 is 10.9 Å². The van der Waals surface area contributed by atoms with Crippen LogP contribution in [0.4, 0.5) is 0 Å². The molecule has 1 unspecified atom stereocenters. The quantitative estimate of drug-likeness (QED) is 0.758. The Morgan fingerprint density at radius 2 is 1.95 bits per heavy atom. The average molecular weight is 250 g/mol. The van der Waals surface area contributed by atoms with Crippen molar-refractivity contribution in [2.45, 2.75) is 13.0 Å². The Morgan fingerprint density at radius 1 is 1.05 bits per heavy atom. The van der Waals surface area contributed by atoms with Gasteiger partial charge in [-0.15, -0.1) is 0 Å². The molecule has 4 nitrogen and oxygen atoms in total. The highest BCUT2D eigenvalue weighted by molar-refractivity contribution is 5.79. The lowest BCUT2D eigenvalue weighted by molar-refractivity contribution is 0.814. The molecule has 0 radical (unpaired) electrons. The van der Waals surface area contributed by atoms with Crippen molar-refractivity contribution in [1.82, 2.24) is 15.0 Å². The summed E-state index contributed by atoms with van der Waals surface area (Å²) in [6.45, 7) is 1.91. The normalized spacial score (nSPS) is 12.5. The van der Waals surface area contributed by atoms with E-state index in [2.05, 4.69) is 21.0 Å². The topological polar surface area (TPSA) is 64.7 Å². The van der Waals surface area contributed by atoms with E-state index in [-0.39, 0.29) is 6.04 Å². The number of rotatable bonds is 2. The largest absolute Gasteiger partial charge is 0.319 e. The highest BCUT2D eigenvalue weighted by Crippen LogP contribution is 2.21. The van der Waals surface area contributed by atoms with Crippen LogP contribution in [0.3, 0.4) is 0 Å². The summed E-state index contributed by atoms with van der Waals surface area (Å²) in [5, 5.41) is 1.08. The monoisotopic (exact) mass is 250 g/mol. The van der Waals surface area contributed by atoms with Crippen molar-refractivity contribution in [3.05, 3.63) is 65.9 Å². The van der Waals surface area contributed by atoms with Gasteiger partial charge in [-0.1, -0.05) is 12.1 Å². The molecular formula is C15H14N4. The minimum absolute atomic E-state index is 0.266. The van der Waals surface area contributed by atoms with Gasteiger partial charge in [-0.25, -0.2) is 0 Å². The van der Waals surface area contributed by atoms with Crippen LogP contribution < -0.4 is 5.73 Å². The molecule has 3 rings (SSSR count). The molecule has 0 aliphatic rings. The number of hydrogen-bond donors (Lipinski definition) is 1. The van der Waals surface area contributed by atoms with Crippen LogP contribution in [-0.2, 0) is 0 Å². The number of nitrogens with two attached hydrogens (primary N) is 1. The van der Waals surface area contributed by atoms with Gasteiger partial charge in [0.1, 0.15) is 0 Å². The number of aromatic nitrogens is 3. The van der Waals surface area contributed by atoms with Gasteiger partial charge in [0.15, 0.2) is 0 Å². The lowest BCUT2D eigenvalue weighted by atomic mass is 10.0. The predicted molar refractivity (Wildman–Crippen MR) is 74.5 cm³/mol. The molecule has 2 heterocycles. The maximum absolute atomic E-state index is 6.23. The molecule has 19 heavy (non-hydrogen) atoms. The fourth-order valence-corrected chi connectivity index (χ4v) is 2.02. The van der Waals surface area contributed by atoms with Gasteiger partial charge in [-0.3, -0.25) is 15.0 Å². The summed E-state index contributed by atoms with van der Waals surface area (Å²) in [5.41, 5.74) is 9.87. The van der Waals surface area contributed by atoms with Crippen molar-refractivity contribution in [2.75, 3.05) is 0 Å². The van der Waals surface area contributed by atoms with Crippen LogP contribution in [0.2, 0.25) is 0 Å². The first kappa shape index (κ1) is 11.7. The molecule has 94 valence electrons. The highest BCUT2D eigenvalue weighted by atomic mass is 14.8. The number of benzene rings is 1. The molecule has 0 amide bonds. The summed E-state index contributed by atoms with van der Waals surface area (Å²) in [6, 6.07) is 9.70. The molecule has 4 heteroatoms. The lowest BCUT2D eigenvalue weighted by Crippen LogP contribution is -2.14. The van der Waals surface area contributed by atoms with Crippen molar-refractivity contribution in [1.29, 1.82) is 0 Å². The van der Waals surface area contributed by atoms with Crippen LogP contribution in [0.15, 0.2) is 48.9 Å². The summed E-state index contributed by atoms with van der Waals surface area (Å²) < 4.78 is 0. The van der Waals surface area contributed by atoms with Crippen LogP contribution in [0.1, 0.15) is 23.0 Å². The zero-order chi connectivity index (χ0) is 13.2. The Hall–Kier alpha value is -2.33. The molecular weight excluding hydrogens is 236 g/mol. The Morgan fingerprint density at radius 3 is 2.74 bits per heavy atom. The van der Waals surface area contributed by atoms with E-state index >= 15 is 0 Å². The van der Waals surface area contributed by atoms with E-state index in [0.29, 0.717) is 0 Å². The summed E-state index contributed by atoms with van der Waals surface area (Å²) in [5.74, 6) is 0. The van der Waals surface area contributed by atoms with Crippen LogP contribution in [-0.4, -0.2) is 15.0 Å². The molecule has 0 spiro atoms. The van der Waals surface area contributed by atoms with E-state index in [0.717, 1.165) is 27.9 Å². The summed E-state index contributed by atoms with van der Waals surface area (Å²) in [7, 11) is 0. The van der Waals surface area contributed by atoms with Gasteiger partial charge in [0, 0.05) is 17.8 Å². The van der Waals surface area contributed by atoms with E-state index in [1.807, 2.05) is 31.2 Å². The number of fused-ring (bicyclic) bond motifs is 1. The van der Waals surface area contributed by atoms with Crippen LogP contribution in [0.5, 0.6) is 0 Å². The third-order valence-corrected chi connectivity index (χ3v) is 3.11. The Balaban J connectivity index is 2.01. The molecule has 1 aromatic carbocycles. The molecule has 3 aromatic rings. The maximum Gasteiger partial charge on any atom is 0.0799 e. The third-order valence-electron chi connectivity index (χ3n) is 3.11. The Kier molecular flexibility index (Phi) is 2.93. The smallest absolute Gasteiger partial charge is 0.0799 e. The molecule has 2 aromatic heterocycles. The molecule has 0 fully saturated rings. The minimum atomic E-state index is -0.266. The van der Waals surface area contributed by atoms with E-state index in [9.17, 15) is 0 Å². The number of aryl methyl sites for hydroxylation is 1. The second-order valence-corrected chi connectivity index (χ2v) is 4.52. The van der Waals surface area contributed by atoms with Gasteiger partial charge in [-0.2, -0.15) is 0 Å².